The lowest BCUT2D eigenvalue weighted by molar-refractivity contribution is 0.470. The third-order valence-corrected chi connectivity index (χ3v) is 6.12. The first kappa shape index (κ1) is 27.6. The average molecular weight is 560 g/mol. The number of nitrogens with zero attached hydrogens (tertiary/aromatic N) is 2. The lowest BCUT2D eigenvalue weighted by Crippen LogP contribution is -1.84. The van der Waals surface area contributed by atoms with Gasteiger partial charge in [0.2, 0.25) is 0 Å². The Bertz CT molecular complexity index is 1330. The van der Waals surface area contributed by atoms with Gasteiger partial charge < -0.3 is 10.2 Å². The lowest BCUT2D eigenvalue weighted by Gasteiger charge is -2.02. The van der Waals surface area contributed by atoms with Gasteiger partial charge in [-0.25, -0.2) is 0 Å². The Morgan fingerprint density at radius 1 is 0.583 bits per heavy atom. The second-order valence-electron chi connectivity index (χ2n) is 7.73. The van der Waals surface area contributed by atoms with Gasteiger partial charge in [0.15, 0.2) is 0 Å². The maximum absolute atomic E-state index is 9.84. The van der Waals surface area contributed by atoms with Gasteiger partial charge in [-0.3, -0.25) is 9.98 Å². The molecule has 0 aliphatic rings. The van der Waals surface area contributed by atoms with Crippen molar-refractivity contribution in [2.45, 2.75) is 13.8 Å². The van der Waals surface area contributed by atoms with Gasteiger partial charge in [-0.05, 0) is 73.5 Å². The van der Waals surface area contributed by atoms with Crippen LogP contribution in [0, 0.1) is 13.8 Å². The molecule has 0 bridgehead atoms. The maximum Gasteiger partial charge on any atom is 0.127 e. The van der Waals surface area contributed by atoms with Gasteiger partial charge in [0.1, 0.15) is 11.5 Å². The molecule has 0 heterocycles. The van der Waals surface area contributed by atoms with Crippen molar-refractivity contribution in [2.24, 2.45) is 9.98 Å². The minimum absolute atomic E-state index is 0.228. The first-order valence-electron chi connectivity index (χ1n) is 10.7. The van der Waals surface area contributed by atoms with Crippen molar-refractivity contribution in [1.82, 2.24) is 0 Å². The summed E-state index contributed by atoms with van der Waals surface area (Å²) in [6.07, 6.45) is 3.16. The Morgan fingerprint density at radius 3 is 1.33 bits per heavy atom. The predicted octanol–water partition coefficient (Wildman–Crippen LogP) is 9.52. The normalized spacial score (nSPS) is 11.1. The zero-order chi connectivity index (χ0) is 26.2. The van der Waals surface area contributed by atoms with Crippen LogP contribution in [-0.2, 0) is 0 Å². The first-order valence-corrected chi connectivity index (χ1v) is 12.2. The summed E-state index contributed by atoms with van der Waals surface area (Å²) in [5.74, 6) is 0.456. The Balaban J connectivity index is 0.000000201. The van der Waals surface area contributed by atoms with E-state index in [-0.39, 0.29) is 11.5 Å². The second kappa shape index (κ2) is 12.8. The molecular formula is C28H22Cl4N2O2. The molecule has 0 amide bonds. The molecule has 0 fully saturated rings. The lowest BCUT2D eigenvalue weighted by atomic mass is 10.1. The van der Waals surface area contributed by atoms with Crippen molar-refractivity contribution >= 4 is 70.2 Å². The molecule has 4 aromatic rings. The van der Waals surface area contributed by atoms with Crippen LogP contribution in [0.3, 0.4) is 0 Å². The summed E-state index contributed by atoms with van der Waals surface area (Å²) in [5.41, 5.74) is 4.15. The third kappa shape index (κ3) is 7.49. The van der Waals surface area contributed by atoms with Gasteiger partial charge in [-0.1, -0.05) is 70.7 Å². The number of benzene rings is 4. The largest absolute Gasteiger partial charge is 0.507 e. The van der Waals surface area contributed by atoms with E-state index >= 15 is 0 Å². The fourth-order valence-corrected chi connectivity index (χ4v) is 3.94. The molecule has 0 aliphatic heterocycles. The van der Waals surface area contributed by atoms with E-state index in [1.165, 1.54) is 0 Å². The molecule has 4 aromatic carbocycles. The number of phenols is 2. The second-order valence-corrected chi connectivity index (χ2v) is 9.42. The molecule has 36 heavy (non-hydrogen) atoms. The minimum Gasteiger partial charge on any atom is -0.507 e. The summed E-state index contributed by atoms with van der Waals surface area (Å²) in [7, 11) is 0. The molecule has 0 aliphatic carbocycles. The van der Waals surface area contributed by atoms with Crippen molar-refractivity contribution in [2.75, 3.05) is 0 Å². The molecule has 8 heteroatoms. The zero-order valence-corrected chi connectivity index (χ0v) is 22.4. The number of aryl methyl sites for hydroxylation is 2. The van der Waals surface area contributed by atoms with Gasteiger partial charge in [0.25, 0.3) is 0 Å². The van der Waals surface area contributed by atoms with Crippen LogP contribution >= 0.6 is 46.4 Å². The number of phenolic OH excluding ortho intramolecular Hbond substituents is 2. The van der Waals surface area contributed by atoms with Crippen LogP contribution < -0.4 is 0 Å². The van der Waals surface area contributed by atoms with Gasteiger partial charge in [0, 0.05) is 33.6 Å². The molecule has 2 N–H and O–H groups in total. The fraction of sp³-hybridized carbons (Fsp3) is 0.0714. The molecular weight excluding hydrogens is 538 g/mol. The van der Waals surface area contributed by atoms with Crippen LogP contribution in [-0.4, -0.2) is 22.6 Å². The highest BCUT2D eigenvalue weighted by atomic mass is 35.5. The standard InChI is InChI=1S/2C14H11Cl2NO/c2*1-9-3-2-4-10(14(9)18)8-17-13-6-5-11(15)7-12(13)16/h2*2-8,18H,1H3. The number of halogens is 4. The number of rotatable bonds is 4. The maximum atomic E-state index is 9.84. The molecule has 0 saturated heterocycles. The van der Waals surface area contributed by atoms with Gasteiger partial charge in [-0.2, -0.15) is 0 Å². The minimum atomic E-state index is 0.228. The summed E-state index contributed by atoms with van der Waals surface area (Å²) >= 11 is 23.6. The van der Waals surface area contributed by atoms with Crippen molar-refractivity contribution in [1.29, 1.82) is 0 Å². The van der Waals surface area contributed by atoms with E-state index in [1.807, 2.05) is 38.1 Å². The quantitative estimate of drug-likeness (QED) is 0.244. The summed E-state index contributed by atoms with van der Waals surface area (Å²) in [6, 6.07) is 21.1. The third-order valence-electron chi connectivity index (χ3n) is 5.04. The highest BCUT2D eigenvalue weighted by molar-refractivity contribution is 6.36. The summed E-state index contributed by atoms with van der Waals surface area (Å²) in [6.45, 7) is 3.67. The van der Waals surface area contributed by atoms with Crippen LogP contribution in [0.25, 0.3) is 0 Å². The number of hydrogen-bond donors (Lipinski definition) is 2. The van der Waals surface area contributed by atoms with Crippen molar-refractivity contribution in [3.05, 3.63) is 115 Å². The SMILES string of the molecule is Cc1cccc(C=Nc2ccc(Cl)cc2Cl)c1O.Cc1cccc(C=Nc2ccc(Cl)cc2Cl)c1O. The van der Waals surface area contributed by atoms with Crippen LogP contribution in [0.15, 0.2) is 82.8 Å². The Morgan fingerprint density at radius 2 is 0.972 bits per heavy atom. The fourth-order valence-electron chi connectivity index (χ4n) is 3.02. The highest BCUT2D eigenvalue weighted by Gasteiger charge is 2.03. The van der Waals surface area contributed by atoms with Crippen LogP contribution in [0.4, 0.5) is 11.4 Å². The Kier molecular flexibility index (Phi) is 9.80. The topological polar surface area (TPSA) is 65.2 Å². The smallest absolute Gasteiger partial charge is 0.127 e. The molecule has 184 valence electrons. The molecule has 0 spiro atoms. The molecule has 4 nitrogen and oxygen atoms in total. The summed E-state index contributed by atoms with van der Waals surface area (Å²) in [5, 5.41) is 21.8. The summed E-state index contributed by atoms with van der Waals surface area (Å²) < 4.78 is 0. The molecule has 4 rings (SSSR count). The summed E-state index contributed by atoms with van der Waals surface area (Å²) in [4.78, 5) is 8.49. The van der Waals surface area contributed by atoms with E-state index in [9.17, 15) is 10.2 Å². The van der Waals surface area contributed by atoms with Gasteiger partial charge in [-0.15, -0.1) is 0 Å². The highest BCUT2D eigenvalue weighted by Crippen LogP contribution is 2.30. The number of aromatic hydroxyl groups is 2. The predicted molar refractivity (Wildman–Crippen MR) is 153 cm³/mol. The number of para-hydroxylation sites is 2. The molecule has 0 atom stereocenters. The van der Waals surface area contributed by atoms with E-state index in [1.54, 1.807) is 61.0 Å². The van der Waals surface area contributed by atoms with Crippen LogP contribution in [0.5, 0.6) is 11.5 Å². The van der Waals surface area contributed by atoms with E-state index < -0.39 is 0 Å². The molecule has 0 saturated carbocycles. The van der Waals surface area contributed by atoms with E-state index in [2.05, 4.69) is 9.98 Å². The van der Waals surface area contributed by atoms with Gasteiger partial charge in [0.05, 0.1) is 21.4 Å². The Labute approximate surface area is 230 Å². The average Bonchev–Trinajstić information content (AvgIpc) is 2.83. The van der Waals surface area contributed by atoms with Crippen molar-refractivity contribution < 1.29 is 10.2 Å². The zero-order valence-electron chi connectivity index (χ0n) is 19.4. The number of aliphatic imine (C=N–C) groups is 2. The van der Waals surface area contributed by atoms with E-state index in [0.29, 0.717) is 42.6 Å². The Hall–Kier alpha value is -3.02. The first-order chi connectivity index (χ1) is 17.2. The van der Waals surface area contributed by atoms with Crippen LogP contribution in [0.2, 0.25) is 20.1 Å². The number of hydrogen-bond acceptors (Lipinski definition) is 4. The van der Waals surface area contributed by atoms with Gasteiger partial charge >= 0.3 is 0 Å². The molecule has 0 aromatic heterocycles. The van der Waals surface area contributed by atoms with Crippen molar-refractivity contribution in [3.8, 4) is 11.5 Å². The van der Waals surface area contributed by atoms with E-state index in [0.717, 1.165) is 11.1 Å². The van der Waals surface area contributed by atoms with Crippen molar-refractivity contribution in [3.63, 3.8) is 0 Å². The van der Waals surface area contributed by atoms with E-state index in [4.69, 9.17) is 46.4 Å². The molecule has 0 unspecified atom stereocenters. The van der Waals surface area contributed by atoms with Crippen LogP contribution in [0.1, 0.15) is 22.3 Å². The molecule has 0 radical (unpaired) electrons. The monoisotopic (exact) mass is 558 g/mol.